The average molecular weight is 349 g/mol. The van der Waals surface area contributed by atoms with Crippen LogP contribution in [-0.4, -0.2) is 29.9 Å². The van der Waals surface area contributed by atoms with E-state index in [1.54, 1.807) is 0 Å². The van der Waals surface area contributed by atoms with Crippen LogP contribution in [0.3, 0.4) is 0 Å². The first-order chi connectivity index (χ1) is 12.6. The van der Waals surface area contributed by atoms with Gasteiger partial charge >= 0.3 is 0 Å². The molecular weight excluding hydrogens is 326 g/mol. The number of fused-ring (bicyclic) bond motifs is 1. The highest BCUT2D eigenvalue weighted by Crippen LogP contribution is 2.17. The average Bonchev–Trinajstić information content (AvgIpc) is 3.03. The lowest BCUT2D eigenvalue weighted by atomic mass is 10.1. The van der Waals surface area contributed by atoms with Crippen molar-refractivity contribution in [1.82, 2.24) is 15.6 Å². The minimum atomic E-state index is -0.178. The van der Waals surface area contributed by atoms with Gasteiger partial charge < -0.3 is 15.6 Å². The van der Waals surface area contributed by atoms with Crippen LogP contribution >= 0.6 is 0 Å². The summed E-state index contributed by atoms with van der Waals surface area (Å²) in [6.45, 7) is 2.52. The monoisotopic (exact) mass is 349 g/mol. The van der Waals surface area contributed by atoms with Crippen LogP contribution in [0.5, 0.6) is 0 Å². The molecule has 0 saturated heterocycles. The van der Waals surface area contributed by atoms with Crippen molar-refractivity contribution in [3.05, 3.63) is 71.4 Å². The number of amides is 2. The zero-order valence-corrected chi connectivity index (χ0v) is 14.8. The third-order valence-electron chi connectivity index (χ3n) is 4.28. The van der Waals surface area contributed by atoms with Gasteiger partial charge in [0.05, 0.1) is 13.0 Å². The molecule has 26 heavy (non-hydrogen) atoms. The lowest BCUT2D eigenvalue weighted by molar-refractivity contribution is -0.125. The molecule has 0 bridgehead atoms. The summed E-state index contributed by atoms with van der Waals surface area (Å²) in [7, 11) is 0. The molecule has 134 valence electrons. The molecule has 5 heteroatoms. The SMILES string of the molecule is Cc1cccc(CC(=O)NCC(=O)NCCc2c[nH]c3ccccc23)c1. The Balaban J connectivity index is 1.39. The molecule has 3 N–H and O–H groups in total. The highest BCUT2D eigenvalue weighted by molar-refractivity contribution is 5.86. The van der Waals surface area contributed by atoms with Gasteiger partial charge in [-0.25, -0.2) is 0 Å². The van der Waals surface area contributed by atoms with Gasteiger partial charge in [-0.05, 0) is 30.5 Å². The number of aryl methyl sites for hydroxylation is 1. The van der Waals surface area contributed by atoms with E-state index >= 15 is 0 Å². The normalized spacial score (nSPS) is 10.7. The lowest BCUT2D eigenvalue weighted by Gasteiger charge is -2.07. The van der Waals surface area contributed by atoms with Crippen LogP contribution in [0.25, 0.3) is 10.9 Å². The molecule has 0 unspecified atom stereocenters. The maximum atomic E-state index is 11.9. The van der Waals surface area contributed by atoms with E-state index in [9.17, 15) is 9.59 Å². The van der Waals surface area contributed by atoms with E-state index in [1.807, 2.05) is 55.6 Å². The Bertz CT molecular complexity index is 914. The summed E-state index contributed by atoms with van der Waals surface area (Å²) in [6, 6.07) is 15.9. The standard InChI is InChI=1S/C21H23N3O2/c1-15-5-4-6-16(11-15)12-20(25)24-14-21(26)22-10-9-17-13-23-19-8-3-2-7-18(17)19/h2-8,11,13,23H,9-10,12,14H2,1H3,(H,22,26)(H,24,25). The van der Waals surface area contributed by atoms with Crippen LogP contribution in [0.4, 0.5) is 0 Å². The number of rotatable bonds is 7. The molecule has 3 rings (SSSR count). The predicted octanol–water partition coefficient (Wildman–Crippen LogP) is 2.49. The summed E-state index contributed by atoms with van der Waals surface area (Å²) < 4.78 is 0. The Hall–Kier alpha value is -3.08. The molecule has 0 saturated carbocycles. The number of carbonyl (C=O) groups excluding carboxylic acids is 2. The van der Waals surface area contributed by atoms with Crippen LogP contribution in [0, 0.1) is 6.92 Å². The third-order valence-corrected chi connectivity index (χ3v) is 4.28. The first-order valence-electron chi connectivity index (χ1n) is 8.76. The lowest BCUT2D eigenvalue weighted by Crippen LogP contribution is -2.38. The van der Waals surface area contributed by atoms with Gasteiger partial charge in [-0.1, -0.05) is 48.0 Å². The van der Waals surface area contributed by atoms with Gasteiger partial charge in [0, 0.05) is 23.6 Å². The molecule has 3 aromatic rings. The number of para-hydroxylation sites is 1. The summed E-state index contributed by atoms with van der Waals surface area (Å²) in [5, 5.41) is 6.69. The Morgan fingerprint density at radius 3 is 2.69 bits per heavy atom. The number of benzene rings is 2. The second kappa shape index (κ2) is 8.34. The highest BCUT2D eigenvalue weighted by atomic mass is 16.2. The number of nitrogens with one attached hydrogen (secondary N) is 3. The topological polar surface area (TPSA) is 74.0 Å². The van der Waals surface area contributed by atoms with Crippen LogP contribution in [0.2, 0.25) is 0 Å². The smallest absolute Gasteiger partial charge is 0.239 e. The third kappa shape index (κ3) is 4.72. The highest BCUT2D eigenvalue weighted by Gasteiger charge is 2.07. The van der Waals surface area contributed by atoms with E-state index in [2.05, 4.69) is 21.7 Å². The maximum Gasteiger partial charge on any atom is 0.239 e. The Morgan fingerprint density at radius 1 is 1.00 bits per heavy atom. The molecule has 1 aromatic heterocycles. The van der Waals surface area contributed by atoms with Gasteiger partial charge in [0.1, 0.15) is 0 Å². The van der Waals surface area contributed by atoms with Gasteiger partial charge in [-0.15, -0.1) is 0 Å². The Morgan fingerprint density at radius 2 is 1.85 bits per heavy atom. The summed E-state index contributed by atoms with van der Waals surface area (Å²) in [5.41, 5.74) is 4.33. The second-order valence-corrected chi connectivity index (χ2v) is 6.40. The van der Waals surface area contributed by atoms with Crippen LogP contribution < -0.4 is 10.6 Å². The molecule has 0 aliphatic heterocycles. The molecule has 1 heterocycles. The number of aromatic amines is 1. The molecular formula is C21H23N3O2. The van der Waals surface area contributed by atoms with Crippen molar-refractivity contribution in [2.45, 2.75) is 19.8 Å². The van der Waals surface area contributed by atoms with E-state index in [1.165, 1.54) is 10.9 Å². The minimum absolute atomic E-state index is 0.00145. The van der Waals surface area contributed by atoms with Gasteiger partial charge in [0.15, 0.2) is 0 Å². The summed E-state index contributed by atoms with van der Waals surface area (Å²) in [4.78, 5) is 27.1. The fraction of sp³-hybridized carbons (Fsp3) is 0.238. The second-order valence-electron chi connectivity index (χ2n) is 6.40. The van der Waals surface area contributed by atoms with Gasteiger partial charge in [0.2, 0.25) is 11.8 Å². The quantitative estimate of drug-likeness (QED) is 0.613. The first kappa shape index (κ1) is 17.7. The maximum absolute atomic E-state index is 11.9. The van der Waals surface area contributed by atoms with E-state index < -0.39 is 0 Å². The van der Waals surface area contributed by atoms with Gasteiger partial charge in [-0.3, -0.25) is 9.59 Å². The number of aromatic nitrogens is 1. The largest absolute Gasteiger partial charge is 0.361 e. The van der Waals surface area contributed by atoms with Crippen molar-refractivity contribution >= 4 is 22.7 Å². The first-order valence-corrected chi connectivity index (χ1v) is 8.76. The molecule has 0 radical (unpaired) electrons. The zero-order valence-electron chi connectivity index (χ0n) is 14.8. The van der Waals surface area contributed by atoms with Crippen molar-refractivity contribution in [3.8, 4) is 0 Å². The molecule has 0 fully saturated rings. The molecule has 2 amide bonds. The van der Waals surface area contributed by atoms with E-state index in [4.69, 9.17) is 0 Å². The van der Waals surface area contributed by atoms with Crippen molar-refractivity contribution in [2.24, 2.45) is 0 Å². The zero-order chi connectivity index (χ0) is 18.4. The minimum Gasteiger partial charge on any atom is -0.361 e. The molecule has 2 aromatic carbocycles. The Labute approximate surface area is 152 Å². The molecule has 0 spiro atoms. The fourth-order valence-electron chi connectivity index (χ4n) is 2.99. The number of hydrogen-bond acceptors (Lipinski definition) is 2. The molecule has 0 atom stereocenters. The molecule has 0 aliphatic rings. The van der Waals surface area contributed by atoms with E-state index in [-0.39, 0.29) is 24.8 Å². The van der Waals surface area contributed by atoms with E-state index in [0.29, 0.717) is 6.54 Å². The van der Waals surface area contributed by atoms with Crippen LogP contribution in [0.1, 0.15) is 16.7 Å². The van der Waals surface area contributed by atoms with Crippen molar-refractivity contribution in [1.29, 1.82) is 0 Å². The summed E-state index contributed by atoms with van der Waals surface area (Å²) >= 11 is 0. The van der Waals surface area contributed by atoms with Crippen molar-refractivity contribution in [3.63, 3.8) is 0 Å². The summed E-state index contributed by atoms with van der Waals surface area (Å²) in [6.07, 6.45) is 3.00. The van der Waals surface area contributed by atoms with Crippen molar-refractivity contribution < 1.29 is 9.59 Å². The summed E-state index contributed by atoms with van der Waals surface area (Å²) in [5.74, 6) is -0.329. The fourth-order valence-corrected chi connectivity index (χ4v) is 2.99. The number of carbonyl (C=O) groups is 2. The molecule has 0 aliphatic carbocycles. The van der Waals surface area contributed by atoms with Crippen molar-refractivity contribution in [2.75, 3.05) is 13.1 Å². The van der Waals surface area contributed by atoms with Crippen LogP contribution in [0.15, 0.2) is 54.7 Å². The van der Waals surface area contributed by atoms with Crippen LogP contribution in [-0.2, 0) is 22.4 Å². The van der Waals surface area contributed by atoms with Gasteiger partial charge in [-0.2, -0.15) is 0 Å². The number of H-pyrrole nitrogens is 1. The molecule has 5 nitrogen and oxygen atoms in total. The Kier molecular flexibility index (Phi) is 5.69. The predicted molar refractivity (Wildman–Crippen MR) is 103 cm³/mol. The number of hydrogen-bond donors (Lipinski definition) is 3. The van der Waals surface area contributed by atoms with Gasteiger partial charge in [0.25, 0.3) is 0 Å². The van der Waals surface area contributed by atoms with E-state index in [0.717, 1.165) is 23.1 Å².